The van der Waals surface area contributed by atoms with E-state index in [1.54, 1.807) is 105 Å². The molecule has 2 rings (SSSR count). The quantitative estimate of drug-likeness (QED) is 0.0138. The third kappa shape index (κ3) is 30.0. The molecule has 8 N–H and O–H groups in total. The normalized spacial score (nSPS) is 13.6. The number of aliphatic carboxylic acids is 2. The predicted molar refractivity (Wildman–Crippen MR) is 323 cm³/mol. The molecule has 0 fully saturated rings. The second-order valence-electron chi connectivity index (χ2n) is 24.6. The third-order valence-corrected chi connectivity index (χ3v) is 29.2. The Labute approximate surface area is 501 Å². The van der Waals surface area contributed by atoms with Gasteiger partial charge in [-0.15, -0.1) is 0 Å². The summed E-state index contributed by atoms with van der Waals surface area (Å²) in [5.41, 5.74) is -1.70. The Balaban J connectivity index is 2.49. The summed E-state index contributed by atoms with van der Waals surface area (Å²) < 4.78 is 21.6. The molecule has 0 aliphatic heterocycles. The number of amides is 6. The Hall–Kier alpha value is -6.26. The van der Waals surface area contributed by atoms with Gasteiger partial charge in [-0.25, -0.2) is 14.4 Å². The molecule has 0 saturated carbocycles. The first kappa shape index (κ1) is 73.8. The summed E-state index contributed by atoms with van der Waals surface area (Å²) in [6.45, 7) is 21.7. The summed E-state index contributed by atoms with van der Waals surface area (Å²) in [7, 11) is 0. The number of carbonyl (C=O) groups excluding carboxylic acids is 8. The van der Waals surface area contributed by atoms with Crippen molar-refractivity contribution < 1.29 is 72.4 Å². The van der Waals surface area contributed by atoms with Gasteiger partial charge in [-0.3, -0.25) is 14.4 Å². The van der Waals surface area contributed by atoms with Crippen LogP contribution in [0.15, 0.2) is 54.6 Å². The summed E-state index contributed by atoms with van der Waals surface area (Å²) in [6.07, 6.45) is 5.18. The van der Waals surface area contributed by atoms with Crippen molar-refractivity contribution in [2.45, 2.75) is 246 Å². The number of carboxylic acid groups (broad SMARTS) is 2. The van der Waals surface area contributed by atoms with Gasteiger partial charge < -0.3 is 35.6 Å². The Morgan fingerprint density at radius 1 is 0.488 bits per heavy atom. The third-order valence-electron chi connectivity index (χ3n) is 13.5. The van der Waals surface area contributed by atoms with Gasteiger partial charge in [0.05, 0.1) is 0 Å². The van der Waals surface area contributed by atoms with Crippen molar-refractivity contribution in [1.29, 1.82) is 0 Å². The summed E-state index contributed by atoms with van der Waals surface area (Å²) >= 11 is -2.88. The number of benzene rings is 2. The molecule has 5 atom stereocenters. The van der Waals surface area contributed by atoms with Crippen LogP contribution in [0.3, 0.4) is 0 Å². The minimum atomic E-state index is -2.88. The molecule has 0 heterocycles. The number of hydrogen-bond acceptors (Lipinski definition) is 13. The fraction of sp³-hybridized carbons (Fsp3) is 0.645. The van der Waals surface area contributed by atoms with Crippen LogP contribution in [0.25, 0.3) is 0 Å². The predicted octanol–water partition coefficient (Wildman–Crippen LogP) is 7.91. The Kier molecular flexibility index (Phi) is 32.1. The first-order chi connectivity index (χ1) is 39.3. The molecular formula is C62H98N6O15Sn. The van der Waals surface area contributed by atoms with E-state index >= 15 is 0 Å². The van der Waals surface area contributed by atoms with Gasteiger partial charge in [0.15, 0.2) is 0 Å². The molecule has 21 nitrogen and oxygen atoms in total. The zero-order valence-corrected chi connectivity index (χ0v) is 54.8. The average molecular weight is 1290 g/mol. The van der Waals surface area contributed by atoms with Crippen molar-refractivity contribution in [3.63, 3.8) is 0 Å². The molecule has 0 spiro atoms. The van der Waals surface area contributed by atoms with Crippen molar-refractivity contribution in [1.82, 2.24) is 31.9 Å². The minimum absolute atomic E-state index is 0.0112. The van der Waals surface area contributed by atoms with E-state index in [-0.39, 0.29) is 57.9 Å². The molecule has 2 aromatic rings. The van der Waals surface area contributed by atoms with Crippen LogP contribution in [0.5, 0.6) is 0 Å². The molecule has 0 aromatic heterocycles. The van der Waals surface area contributed by atoms with E-state index in [2.05, 4.69) is 64.8 Å². The number of carboxylic acids is 2. The van der Waals surface area contributed by atoms with Gasteiger partial charge in [-0.05, 0) is 93.6 Å². The summed E-state index contributed by atoms with van der Waals surface area (Å²) in [4.78, 5) is 133. The number of esters is 3. The molecule has 0 aliphatic carbocycles. The van der Waals surface area contributed by atoms with Crippen LogP contribution in [0, 0.1) is 0 Å². The van der Waals surface area contributed by atoms with Crippen molar-refractivity contribution >= 4 is 81.5 Å². The van der Waals surface area contributed by atoms with Crippen LogP contribution < -0.4 is 35.5 Å². The van der Waals surface area contributed by atoms with Crippen molar-refractivity contribution in [3.05, 3.63) is 65.7 Å². The van der Waals surface area contributed by atoms with Crippen LogP contribution in [0.4, 0.5) is 4.79 Å². The molecule has 0 radical (unpaired) electrons. The molecule has 6 amide bonds. The molecule has 5 unspecified atom stereocenters. The second kappa shape index (κ2) is 36.6. The van der Waals surface area contributed by atoms with E-state index in [0.717, 1.165) is 38.5 Å². The van der Waals surface area contributed by atoms with Gasteiger partial charge in [0.25, 0.3) is 0 Å². The van der Waals surface area contributed by atoms with E-state index in [1.807, 2.05) is 0 Å². The van der Waals surface area contributed by atoms with Gasteiger partial charge in [0.2, 0.25) is 5.91 Å². The number of hydrogen-bond donors (Lipinski definition) is 8. The topological polar surface area (TPSA) is 311 Å². The van der Waals surface area contributed by atoms with Gasteiger partial charge in [0, 0.05) is 19.4 Å². The summed E-state index contributed by atoms with van der Waals surface area (Å²) in [6, 6.07) is 8.64. The molecule has 2 aromatic carbocycles. The molecule has 84 heavy (non-hydrogen) atoms. The van der Waals surface area contributed by atoms with E-state index < -0.39 is 138 Å². The molecule has 0 aliphatic rings. The van der Waals surface area contributed by atoms with Gasteiger partial charge in [-0.1, -0.05) is 30.3 Å². The molecule has 0 bridgehead atoms. The van der Waals surface area contributed by atoms with E-state index in [9.17, 15) is 53.1 Å². The fourth-order valence-electron chi connectivity index (χ4n) is 9.33. The standard InChI is InChI=1S/C50H71N6O15.3C4H9.Sn/c1-48(2,3)69-39(59)27-24-33(52-41(61)32-20-14-11-15-21-32)43(63)53-34(25-28-40(60)70-49(4,5)6)44(64)54-37(30-31-18-12-10-13-19-31)42(62)51-29-17-16-22-36(46(67)71-50(7,8)9)56-47(68)55-35(45(65)66)23-26-38(57)58;3*1-3-4-2;/h10,12-15,18-21,33-37H,16-17,22-30H2,1-9H3,(H,51,62)(H,52,61)(H,53,63)(H,54,64)(H,57,58)(H,65,66)(H2,55,56,68);3*1,3-4H2,2H3;. The maximum absolute atomic E-state index is 14.6. The SMILES string of the molecule is CCC[CH2][Sn]([CH2]CCC)([CH2]CCC)[c]1ccc(C(=O)NC(CCC(=O)OC(C)(C)C)C(=O)NC(CCC(=O)OC(C)(C)C)C(=O)NC(Cc2ccccc2)C(=O)NCCCCC(NC(=O)NC(CCC(=O)O)C(=O)O)C(=O)OC(C)(C)C)cc1. The summed E-state index contributed by atoms with van der Waals surface area (Å²) in [5.74, 6) is -7.69. The zero-order valence-electron chi connectivity index (χ0n) is 51.9. The number of carbonyl (C=O) groups is 10. The average Bonchev–Trinajstić information content (AvgIpc) is 3.23. The Morgan fingerprint density at radius 2 is 0.952 bits per heavy atom. The van der Waals surface area contributed by atoms with Crippen molar-refractivity contribution in [2.24, 2.45) is 0 Å². The number of nitrogens with one attached hydrogen (secondary N) is 6. The Morgan fingerprint density at radius 3 is 1.42 bits per heavy atom. The molecule has 470 valence electrons. The number of unbranched alkanes of at least 4 members (excludes halogenated alkanes) is 4. The second-order valence-corrected chi connectivity index (χ2v) is 37.8. The number of urea groups is 1. The van der Waals surface area contributed by atoms with Crippen LogP contribution in [-0.4, -0.2) is 142 Å². The zero-order chi connectivity index (χ0) is 63.3. The number of rotatable bonds is 37. The number of ether oxygens (including phenoxy) is 3. The molecular weight excluding hydrogens is 1190 g/mol. The van der Waals surface area contributed by atoms with E-state index in [4.69, 9.17) is 19.3 Å². The van der Waals surface area contributed by atoms with Crippen molar-refractivity contribution in [3.8, 4) is 0 Å². The summed E-state index contributed by atoms with van der Waals surface area (Å²) in [5, 5.41) is 34.3. The first-order valence-corrected chi connectivity index (χ1v) is 37.3. The monoisotopic (exact) mass is 1290 g/mol. The first-order valence-electron chi connectivity index (χ1n) is 29.8. The van der Waals surface area contributed by atoms with Crippen LogP contribution >= 0.6 is 0 Å². The van der Waals surface area contributed by atoms with Crippen LogP contribution in [0.2, 0.25) is 13.3 Å². The van der Waals surface area contributed by atoms with E-state index in [1.165, 1.54) is 16.9 Å². The van der Waals surface area contributed by atoms with Crippen LogP contribution in [-0.2, 0) is 59.0 Å². The maximum atomic E-state index is 14.6. The van der Waals surface area contributed by atoms with Crippen LogP contribution in [0.1, 0.15) is 195 Å². The molecule has 22 heteroatoms. The van der Waals surface area contributed by atoms with Gasteiger partial charge >= 0.3 is 261 Å². The molecule has 0 saturated heterocycles. The van der Waals surface area contributed by atoms with Gasteiger partial charge in [-0.2, -0.15) is 0 Å². The Bertz CT molecular complexity index is 2430. The van der Waals surface area contributed by atoms with E-state index in [0.29, 0.717) is 11.1 Å². The van der Waals surface area contributed by atoms with Gasteiger partial charge in [0.1, 0.15) is 29.3 Å². The fourth-order valence-corrected chi connectivity index (χ4v) is 25.3. The van der Waals surface area contributed by atoms with Crippen molar-refractivity contribution in [2.75, 3.05) is 6.54 Å².